The third-order valence-electron chi connectivity index (χ3n) is 3.70. The molecule has 0 saturated heterocycles. The standard InChI is InChI=1S/C14H20N4O/c19-14-13(17-9-10-18(14)12-1-2-12)16-8-5-11-3-6-15-7-4-11/h3,9-10,12,15H,1-2,4-8H2,(H,16,17). The van der Waals surface area contributed by atoms with Crippen LogP contribution in [-0.4, -0.2) is 29.2 Å². The molecule has 2 heterocycles. The third kappa shape index (κ3) is 3.04. The number of nitrogens with one attached hydrogen (secondary N) is 2. The van der Waals surface area contributed by atoms with Crippen molar-refractivity contribution in [2.24, 2.45) is 0 Å². The summed E-state index contributed by atoms with van der Waals surface area (Å²) in [4.78, 5) is 16.3. The van der Waals surface area contributed by atoms with Gasteiger partial charge in [-0.3, -0.25) is 4.79 Å². The van der Waals surface area contributed by atoms with E-state index in [1.807, 2.05) is 0 Å². The van der Waals surface area contributed by atoms with Crippen molar-refractivity contribution >= 4 is 5.82 Å². The zero-order valence-corrected chi connectivity index (χ0v) is 11.1. The Morgan fingerprint density at radius 1 is 1.47 bits per heavy atom. The lowest BCUT2D eigenvalue weighted by Crippen LogP contribution is -2.25. The fourth-order valence-electron chi connectivity index (χ4n) is 2.42. The maximum atomic E-state index is 12.1. The van der Waals surface area contributed by atoms with E-state index in [2.05, 4.69) is 21.7 Å². The van der Waals surface area contributed by atoms with Gasteiger partial charge in [0.2, 0.25) is 0 Å². The summed E-state index contributed by atoms with van der Waals surface area (Å²) in [6, 6.07) is 0.406. The monoisotopic (exact) mass is 260 g/mol. The molecular formula is C14H20N4O. The quantitative estimate of drug-likeness (QED) is 0.784. The Balaban J connectivity index is 1.59. The number of aromatic nitrogens is 2. The Morgan fingerprint density at radius 3 is 3.11 bits per heavy atom. The SMILES string of the molecule is O=c1c(NCCC2=CCNCC2)nccn1C1CC1. The van der Waals surface area contributed by atoms with Crippen molar-refractivity contribution in [3.05, 3.63) is 34.4 Å². The molecular weight excluding hydrogens is 240 g/mol. The van der Waals surface area contributed by atoms with Gasteiger partial charge in [-0.25, -0.2) is 4.98 Å². The van der Waals surface area contributed by atoms with Gasteiger partial charge >= 0.3 is 0 Å². The minimum absolute atomic E-state index is 0.0179. The molecule has 0 aromatic carbocycles. The maximum absolute atomic E-state index is 12.1. The number of hydrogen-bond donors (Lipinski definition) is 2. The van der Waals surface area contributed by atoms with Crippen LogP contribution >= 0.6 is 0 Å². The molecule has 1 aliphatic heterocycles. The molecule has 102 valence electrons. The molecule has 1 saturated carbocycles. The molecule has 5 nitrogen and oxygen atoms in total. The van der Waals surface area contributed by atoms with Gasteiger partial charge in [-0.1, -0.05) is 11.6 Å². The average molecular weight is 260 g/mol. The highest BCUT2D eigenvalue weighted by atomic mass is 16.1. The molecule has 0 amide bonds. The molecule has 0 spiro atoms. The first-order valence-corrected chi connectivity index (χ1v) is 7.04. The zero-order valence-electron chi connectivity index (χ0n) is 11.1. The van der Waals surface area contributed by atoms with Gasteiger partial charge in [0.15, 0.2) is 5.82 Å². The molecule has 3 rings (SSSR count). The van der Waals surface area contributed by atoms with Crippen molar-refractivity contribution in [1.29, 1.82) is 0 Å². The number of rotatable bonds is 5. The summed E-state index contributed by atoms with van der Waals surface area (Å²) in [7, 11) is 0. The van der Waals surface area contributed by atoms with E-state index >= 15 is 0 Å². The minimum atomic E-state index is 0.0179. The van der Waals surface area contributed by atoms with E-state index in [1.165, 1.54) is 5.57 Å². The first kappa shape index (κ1) is 12.4. The van der Waals surface area contributed by atoms with Crippen molar-refractivity contribution in [1.82, 2.24) is 14.9 Å². The summed E-state index contributed by atoms with van der Waals surface area (Å²) >= 11 is 0. The van der Waals surface area contributed by atoms with Crippen molar-refractivity contribution in [3.63, 3.8) is 0 Å². The average Bonchev–Trinajstić information content (AvgIpc) is 3.26. The highest BCUT2D eigenvalue weighted by Crippen LogP contribution is 2.33. The number of hydrogen-bond acceptors (Lipinski definition) is 4. The Hall–Kier alpha value is -1.62. The van der Waals surface area contributed by atoms with Gasteiger partial charge in [-0.2, -0.15) is 0 Å². The van der Waals surface area contributed by atoms with Gasteiger partial charge in [0.25, 0.3) is 5.56 Å². The molecule has 2 aliphatic rings. The van der Waals surface area contributed by atoms with Crippen LogP contribution in [-0.2, 0) is 0 Å². The molecule has 0 bridgehead atoms. The van der Waals surface area contributed by atoms with E-state index in [0.717, 1.165) is 45.3 Å². The Bertz CT molecular complexity index is 530. The van der Waals surface area contributed by atoms with Crippen LogP contribution in [0.4, 0.5) is 5.82 Å². The molecule has 1 aromatic heterocycles. The van der Waals surface area contributed by atoms with Crippen LogP contribution in [0.25, 0.3) is 0 Å². The van der Waals surface area contributed by atoms with Gasteiger partial charge in [0.1, 0.15) is 0 Å². The normalized spacial score (nSPS) is 19.1. The third-order valence-corrected chi connectivity index (χ3v) is 3.70. The fraction of sp³-hybridized carbons (Fsp3) is 0.571. The number of anilines is 1. The van der Waals surface area contributed by atoms with E-state index in [9.17, 15) is 4.79 Å². The first-order chi connectivity index (χ1) is 9.34. The van der Waals surface area contributed by atoms with Crippen LogP contribution in [0.1, 0.15) is 31.7 Å². The molecule has 0 unspecified atom stereocenters. The van der Waals surface area contributed by atoms with Gasteiger partial charge in [-0.05, 0) is 32.2 Å². The largest absolute Gasteiger partial charge is 0.365 e. The topological polar surface area (TPSA) is 59.0 Å². The lowest BCUT2D eigenvalue weighted by molar-refractivity contribution is 0.681. The second kappa shape index (κ2) is 5.57. The molecule has 2 N–H and O–H groups in total. The first-order valence-electron chi connectivity index (χ1n) is 7.04. The highest BCUT2D eigenvalue weighted by molar-refractivity contribution is 5.31. The Kier molecular flexibility index (Phi) is 3.64. The molecule has 1 aliphatic carbocycles. The van der Waals surface area contributed by atoms with Crippen molar-refractivity contribution in [2.45, 2.75) is 31.7 Å². The van der Waals surface area contributed by atoms with Gasteiger partial charge in [0, 0.05) is 31.5 Å². The second-order valence-corrected chi connectivity index (χ2v) is 5.21. The number of nitrogens with zero attached hydrogens (tertiary/aromatic N) is 2. The smallest absolute Gasteiger partial charge is 0.293 e. The molecule has 1 fully saturated rings. The van der Waals surface area contributed by atoms with Crippen LogP contribution in [0.5, 0.6) is 0 Å². The van der Waals surface area contributed by atoms with Crippen molar-refractivity contribution in [2.75, 3.05) is 25.0 Å². The summed E-state index contributed by atoms with van der Waals surface area (Å²) in [5.41, 5.74) is 1.48. The predicted octanol–water partition coefficient (Wildman–Crippen LogP) is 1.30. The van der Waals surface area contributed by atoms with E-state index in [-0.39, 0.29) is 5.56 Å². The Morgan fingerprint density at radius 2 is 2.37 bits per heavy atom. The van der Waals surface area contributed by atoms with E-state index in [0.29, 0.717) is 11.9 Å². The van der Waals surface area contributed by atoms with Crippen LogP contribution in [0.2, 0.25) is 0 Å². The van der Waals surface area contributed by atoms with Crippen LogP contribution in [0, 0.1) is 0 Å². The Labute approximate surface area is 112 Å². The maximum Gasteiger partial charge on any atom is 0.293 e. The van der Waals surface area contributed by atoms with Crippen LogP contribution in [0.3, 0.4) is 0 Å². The van der Waals surface area contributed by atoms with E-state index in [4.69, 9.17) is 0 Å². The van der Waals surface area contributed by atoms with E-state index in [1.54, 1.807) is 17.0 Å². The summed E-state index contributed by atoms with van der Waals surface area (Å²) in [6.45, 7) is 2.81. The molecule has 0 radical (unpaired) electrons. The fourth-order valence-corrected chi connectivity index (χ4v) is 2.42. The summed E-state index contributed by atoms with van der Waals surface area (Å²) in [6.07, 6.45) is 10.1. The van der Waals surface area contributed by atoms with E-state index < -0.39 is 0 Å². The molecule has 1 aromatic rings. The zero-order chi connectivity index (χ0) is 13.1. The van der Waals surface area contributed by atoms with Crippen LogP contribution < -0.4 is 16.2 Å². The molecule has 0 atom stereocenters. The summed E-state index contributed by atoms with van der Waals surface area (Å²) in [5.74, 6) is 0.490. The van der Waals surface area contributed by atoms with Crippen molar-refractivity contribution < 1.29 is 0 Å². The van der Waals surface area contributed by atoms with Gasteiger partial charge in [-0.15, -0.1) is 0 Å². The minimum Gasteiger partial charge on any atom is -0.365 e. The van der Waals surface area contributed by atoms with Crippen molar-refractivity contribution in [3.8, 4) is 0 Å². The van der Waals surface area contributed by atoms with Crippen LogP contribution in [0.15, 0.2) is 28.8 Å². The second-order valence-electron chi connectivity index (χ2n) is 5.21. The lowest BCUT2D eigenvalue weighted by atomic mass is 10.1. The molecule has 5 heteroatoms. The van der Waals surface area contributed by atoms with Gasteiger partial charge in [0.05, 0.1) is 0 Å². The molecule has 19 heavy (non-hydrogen) atoms. The summed E-state index contributed by atoms with van der Waals surface area (Å²) < 4.78 is 1.80. The highest BCUT2D eigenvalue weighted by Gasteiger charge is 2.25. The predicted molar refractivity (Wildman–Crippen MR) is 75.4 cm³/mol. The summed E-state index contributed by atoms with van der Waals surface area (Å²) in [5, 5.41) is 6.47. The lowest BCUT2D eigenvalue weighted by Gasteiger charge is -2.14. The van der Waals surface area contributed by atoms with Gasteiger partial charge < -0.3 is 15.2 Å².